The van der Waals surface area contributed by atoms with Gasteiger partial charge >= 0.3 is 0 Å². The first-order chi connectivity index (χ1) is 8.66. The number of ether oxygens (including phenoxy) is 1. The molecule has 0 spiro atoms. The molecule has 2 nitrogen and oxygen atoms in total. The molecule has 0 amide bonds. The minimum atomic E-state index is -0.297. The Morgan fingerprint density at radius 3 is 2.44 bits per heavy atom. The van der Waals surface area contributed by atoms with Crippen molar-refractivity contribution in [3.63, 3.8) is 0 Å². The van der Waals surface area contributed by atoms with Crippen molar-refractivity contribution in [1.29, 1.82) is 0 Å². The van der Waals surface area contributed by atoms with Gasteiger partial charge in [0, 0.05) is 6.04 Å². The molecule has 1 aliphatic carbocycles. The van der Waals surface area contributed by atoms with Crippen LogP contribution < -0.4 is 10.5 Å². The monoisotopic (exact) mass is 251 g/mol. The standard InChI is InChI=1S/C15H22FNO/c1-11(17)12-8-9-15(14(16)10-12)18-13-6-4-2-3-5-7-13/h8-11,13H,2-7,17H2,1H3/t11-/m0/s1. The van der Waals surface area contributed by atoms with Crippen LogP contribution in [0.1, 0.15) is 57.1 Å². The van der Waals surface area contributed by atoms with Crippen molar-refractivity contribution in [3.05, 3.63) is 29.6 Å². The molecule has 0 saturated heterocycles. The van der Waals surface area contributed by atoms with Crippen LogP contribution in [-0.4, -0.2) is 6.10 Å². The zero-order valence-electron chi connectivity index (χ0n) is 11.0. The highest BCUT2D eigenvalue weighted by atomic mass is 19.1. The zero-order chi connectivity index (χ0) is 13.0. The molecule has 3 heteroatoms. The van der Waals surface area contributed by atoms with Crippen molar-refractivity contribution in [2.45, 2.75) is 57.6 Å². The van der Waals surface area contributed by atoms with Gasteiger partial charge in [-0.3, -0.25) is 0 Å². The van der Waals surface area contributed by atoms with Crippen molar-refractivity contribution < 1.29 is 9.13 Å². The summed E-state index contributed by atoms with van der Waals surface area (Å²) in [7, 11) is 0. The van der Waals surface area contributed by atoms with Gasteiger partial charge in [-0.1, -0.05) is 18.9 Å². The lowest BCUT2D eigenvalue weighted by molar-refractivity contribution is 0.176. The average molecular weight is 251 g/mol. The van der Waals surface area contributed by atoms with Gasteiger partial charge in [-0.05, 0) is 50.3 Å². The van der Waals surface area contributed by atoms with E-state index < -0.39 is 0 Å². The lowest BCUT2D eigenvalue weighted by Gasteiger charge is -2.18. The smallest absolute Gasteiger partial charge is 0.165 e. The first-order valence-corrected chi connectivity index (χ1v) is 6.88. The summed E-state index contributed by atoms with van der Waals surface area (Å²) in [6.45, 7) is 1.85. The van der Waals surface area contributed by atoms with Gasteiger partial charge in [0.1, 0.15) is 0 Å². The van der Waals surface area contributed by atoms with Crippen LogP contribution in [0, 0.1) is 5.82 Å². The van der Waals surface area contributed by atoms with E-state index in [2.05, 4.69) is 0 Å². The third-order valence-corrected chi connectivity index (χ3v) is 3.58. The second kappa shape index (κ2) is 6.19. The van der Waals surface area contributed by atoms with Gasteiger partial charge in [0.2, 0.25) is 0 Å². The zero-order valence-corrected chi connectivity index (χ0v) is 11.0. The van der Waals surface area contributed by atoms with E-state index in [9.17, 15) is 4.39 Å². The Morgan fingerprint density at radius 1 is 1.22 bits per heavy atom. The highest BCUT2D eigenvalue weighted by molar-refractivity contribution is 5.30. The molecule has 0 aromatic heterocycles. The summed E-state index contributed by atoms with van der Waals surface area (Å²) in [5.74, 6) is 0.0698. The Balaban J connectivity index is 2.04. The largest absolute Gasteiger partial charge is 0.487 e. The summed E-state index contributed by atoms with van der Waals surface area (Å²) >= 11 is 0. The van der Waals surface area contributed by atoms with Gasteiger partial charge in [-0.25, -0.2) is 4.39 Å². The second-order valence-electron chi connectivity index (χ2n) is 5.21. The predicted molar refractivity (Wildman–Crippen MR) is 71.1 cm³/mol. The Bertz CT molecular complexity index is 384. The number of nitrogens with two attached hydrogens (primary N) is 1. The number of hydrogen-bond acceptors (Lipinski definition) is 2. The van der Waals surface area contributed by atoms with Crippen LogP contribution >= 0.6 is 0 Å². The van der Waals surface area contributed by atoms with Gasteiger partial charge in [-0.15, -0.1) is 0 Å². The van der Waals surface area contributed by atoms with Crippen LogP contribution in [0.4, 0.5) is 4.39 Å². The molecule has 18 heavy (non-hydrogen) atoms. The molecule has 0 heterocycles. The molecule has 0 bridgehead atoms. The number of benzene rings is 1. The summed E-state index contributed by atoms with van der Waals surface area (Å²) in [5, 5.41) is 0. The summed E-state index contributed by atoms with van der Waals surface area (Å²) in [6, 6.07) is 4.89. The van der Waals surface area contributed by atoms with Crippen LogP contribution in [0.25, 0.3) is 0 Å². The Kier molecular flexibility index (Phi) is 4.59. The van der Waals surface area contributed by atoms with Gasteiger partial charge in [-0.2, -0.15) is 0 Å². The SMILES string of the molecule is C[C@H](N)c1ccc(OC2CCCCCC2)c(F)c1. The van der Waals surface area contributed by atoms with Crippen LogP contribution in [0.2, 0.25) is 0 Å². The second-order valence-corrected chi connectivity index (χ2v) is 5.21. The first kappa shape index (κ1) is 13.3. The van der Waals surface area contributed by atoms with E-state index in [0.29, 0.717) is 5.75 Å². The molecule has 0 unspecified atom stereocenters. The van der Waals surface area contributed by atoms with Gasteiger partial charge in [0.15, 0.2) is 11.6 Å². The quantitative estimate of drug-likeness (QED) is 0.826. The minimum Gasteiger partial charge on any atom is -0.487 e. The van der Waals surface area contributed by atoms with E-state index >= 15 is 0 Å². The fourth-order valence-corrected chi connectivity index (χ4v) is 2.44. The highest BCUT2D eigenvalue weighted by Gasteiger charge is 2.16. The van der Waals surface area contributed by atoms with E-state index in [0.717, 1.165) is 18.4 Å². The Hall–Kier alpha value is -1.09. The van der Waals surface area contributed by atoms with Crippen molar-refractivity contribution in [1.82, 2.24) is 0 Å². The normalized spacial score (nSPS) is 19.3. The van der Waals surface area contributed by atoms with Crippen LogP contribution in [0.3, 0.4) is 0 Å². The lowest BCUT2D eigenvalue weighted by Crippen LogP contribution is -2.16. The molecule has 1 saturated carbocycles. The Morgan fingerprint density at radius 2 is 1.89 bits per heavy atom. The van der Waals surface area contributed by atoms with E-state index in [1.807, 2.05) is 13.0 Å². The Labute approximate surface area is 108 Å². The average Bonchev–Trinajstić information content (AvgIpc) is 2.60. The molecule has 100 valence electrons. The van der Waals surface area contributed by atoms with Gasteiger partial charge < -0.3 is 10.5 Å². The predicted octanol–water partition coefficient (Wildman–Crippen LogP) is 3.95. The number of halogens is 1. The molecule has 1 aromatic carbocycles. The van der Waals surface area contributed by atoms with Gasteiger partial charge in [0.05, 0.1) is 6.10 Å². The minimum absolute atomic E-state index is 0.147. The maximum absolute atomic E-state index is 13.9. The van der Waals surface area contributed by atoms with Gasteiger partial charge in [0.25, 0.3) is 0 Å². The van der Waals surface area contributed by atoms with E-state index in [1.165, 1.54) is 31.7 Å². The molecule has 1 atom stereocenters. The molecule has 0 aliphatic heterocycles. The van der Waals surface area contributed by atoms with Crippen molar-refractivity contribution in [2.24, 2.45) is 5.73 Å². The molecule has 0 radical (unpaired) electrons. The first-order valence-electron chi connectivity index (χ1n) is 6.88. The topological polar surface area (TPSA) is 35.2 Å². The summed E-state index contributed by atoms with van der Waals surface area (Å²) in [4.78, 5) is 0. The fraction of sp³-hybridized carbons (Fsp3) is 0.600. The summed E-state index contributed by atoms with van der Waals surface area (Å²) in [5.41, 5.74) is 6.54. The van der Waals surface area contributed by atoms with E-state index in [-0.39, 0.29) is 18.0 Å². The van der Waals surface area contributed by atoms with Crippen molar-refractivity contribution in [3.8, 4) is 5.75 Å². The highest BCUT2D eigenvalue weighted by Crippen LogP contribution is 2.26. The van der Waals surface area contributed by atoms with Crippen LogP contribution in [0.5, 0.6) is 5.75 Å². The lowest BCUT2D eigenvalue weighted by atomic mass is 10.1. The third kappa shape index (κ3) is 3.45. The molecule has 1 aromatic rings. The molecule has 1 aliphatic rings. The molecular weight excluding hydrogens is 229 g/mol. The van der Waals surface area contributed by atoms with Crippen molar-refractivity contribution >= 4 is 0 Å². The fourth-order valence-electron chi connectivity index (χ4n) is 2.44. The molecular formula is C15H22FNO. The van der Waals surface area contributed by atoms with Crippen LogP contribution in [0.15, 0.2) is 18.2 Å². The number of rotatable bonds is 3. The molecule has 2 rings (SSSR count). The third-order valence-electron chi connectivity index (χ3n) is 3.58. The molecule has 2 N–H and O–H groups in total. The maximum atomic E-state index is 13.9. The van der Waals surface area contributed by atoms with Crippen molar-refractivity contribution in [2.75, 3.05) is 0 Å². The van der Waals surface area contributed by atoms with E-state index in [1.54, 1.807) is 6.07 Å². The molecule has 1 fully saturated rings. The van der Waals surface area contributed by atoms with E-state index in [4.69, 9.17) is 10.5 Å². The summed E-state index contributed by atoms with van der Waals surface area (Å²) in [6.07, 6.45) is 7.15. The maximum Gasteiger partial charge on any atom is 0.165 e. The summed E-state index contributed by atoms with van der Waals surface area (Å²) < 4.78 is 19.7. The number of hydrogen-bond donors (Lipinski definition) is 1. The van der Waals surface area contributed by atoms with Crippen LogP contribution in [-0.2, 0) is 0 Å².